The number of fused-ring (bicyclic) bond motifs is 4. The van der Waals surface area contributed by atoms with Crippen LogP contribution in [0.3, 0.4) is 0 Å². The van der Waals surface area contributed by atoms with E-state index < -0.39 is 0 Å². The molecule has 8 rings (SSSR count). The van der Waals surface area contributed by atoms with Gasteiger partial charge in [0.05, 0.1) is 39.1 Å². The average Bonchev–Trinajstić information content (AvgIpc) is 3.56. The van der Waals surface area contributed by atoms with Crippen LogP contribution in [0.4, 0.5) is 0 Å². The zero-order chi connectivity index (χ0) is 27.3. The molecule has 0 aliphatic rings. The summed E-state index contributed by atoms with van der Waals surface area (Å²) in [6.45, 7) is 0. The molecule has 0 bridgehead atoms. The SMILES string of the molecule is Cn1c(-c2ccc3c4ccccc4n(-c4cc(-c5ccccn5)ccc4-c4ccccn4)c3c2)nc2ccccc21. The van der Waals surface area contributed by atoms with Crippen LogP contribution < -0.4 is 0 Å². The van der Waals surface area contributed by atoms with E-state index in [0.29, 0.717) is 0 Å². The molecule has 0 atom stereocenters. The Balaban J connectivity index is 1.45. The predicted octanol–water partition coefficient (Wildman–Crippen LogP) is 8.46. The van der Waals surface area contributed by atoms with E-state index in [1.165, 1.54) is 10.8 Å². The largest absolute Gasteiger partial charge is 0.327 e. The van der Waals surface area contributed by atoms with Crippen LogP contribution in [0.2, 0.25) is 0 Å². The van der Waals surface area contributed by atoms with E-state index in [4.69, 9.17) is 9.97 Å². The molecule has 0 unspecified atom stereocenters. The van der Waals surface area contributed by atoms with Crippen molar-refractivity contribution in [3.63, 3.8) is 0 Å². The molecule has 8 aromatic rings. The van der Waals surface area contributed by atoms with Crippen LogP contribution >= 0.6 is 0 Å². The third-order valence-corrected chi connectivity index (χ3v) is 7.86. The highest BCUT2D eigenvalue weighted by Crippen LogP contribution is 2.39. The molecule has 5 nitrogen and oxygen atoms in total. The van der Waals surface area contributed by atoms with Crippen LogP contribution in [0.5, 0.6) is 0 Å². The number of aryl methyl sites for hydroxylation is 1. The summed E-state index contributed by atoms with van der Waals surface area (Å²) in [5.74, 6) is 0.942. The lowest BCUT2D eigenvalue weighted by Gasteiger charge is -2.16. The maximum atomic E-state index is 5.00. The molecule has 4 aromatic heterocycles. The van der Waals surface area contributed by atoms with Gasteiger partial charge in [-0.1, -0.05) is 66.7 Å². The van der Waals surface area contributed by atoms with Crippen molar-refractivity contribution in [1.82, 2.24) is 24.1 Å². The smallest absolute Gasteiger partial charge is 0.140 e. The quantitative estimate of drug-likeness (QED) is 0.231. The van der Waals surface area contributed by atoms with Gasteiger partial charge in [-0.2, -0.15) is 0 Å². The van der Waals surface area contributed by atoms with Crippen LogP contribution in [0.15, 0.2) is 134 Å². The minimum Gasteiger partial charge on any atom is -0.327 e. The van der Waals surface area contributed by atoms with Crippen LogP contribution in [0, 0.1) is 0 Å². The molecule has 0 saturated carbocycles. The van der Waals surface area contributed by atoms with Gasteiger partial charge in [0.1, 0.15) is 5.82 Å². The fourth-order valence-corrected chi connectivity index (χ4v) is 5.92. The molecule has 0 N–H and O–H groups in total. The zero-order valence-corrected chi connectivity index (χ0v) is 22.4. The molecule has 0 aliphatic carbocycles. The molecule has 41 heavy (non-hydrogen) atoms. The zero-order valence-electron chi connectivity index (χ0n) is 22.4. The number of rotatable bonds is 4. The van der Waals surface area contributed by atoms with E-state index >= 15 is 0 Å². The highest BCUT2D eigenvalue weighted by molar-refractivity contribution is 6.10. The fraction of sp³-hybridized carbons (Fsp3) is 0.0278. The first-order chi connectivity index (χ1) is 20.3. The molecule has 0 saturated heterocycles. The first kappa shape index (κ1) is 23.3. The van der Waals surface area contributed by atoms with Gasteiger partial charge >= 0.3 is 0 Å². The second-order valence-electron chi connectivity index (χ2n) is 10.2. The van der Waals surface area contributed by atoms with Gasteiger partial charge in [-0.05, 0) is 54.6 Å². The molecule has 0 aliphatic heterocycles. The highest BCUT2D eigenvalue weighted by Gasteiger charge is 2.19. The topological polar surface area (TPSA) is 48.5 Å². The maximum absolute atomic E-state index is 5.00. The van der Waals surface area contributed by atoms with Crippen molar-refractivity contribution < 1.29 is 0 Å². The number of para-hydroxylation sites is 3. The minimum atomic E-state index is 0.924. The van der Waals surface area contributed by atoms with E-state index in [2.05, 4.69) is 112 Å². The summed E-state index contributed by atoms with van der Waals surface area (Å²) in [6, 6.07) is 42.2. The number of aromatic nitrogens is 5. The Kier molecular flexibility index (Phi) is 5.28. The van der Waals surface area contributed by atoms with Crippen molar-refractivity contribution in [1.29, 1.82) is 0 Å². The number of benzene rings is 4. The molecule has 194 valence electrons. The lowest BCUT2D eigenvalue weighted by molar-refractivity contribution is 0.959. The normalized spacial score (nSPS) is 11.5. The van der Waals surface area contributed by atoms with E-state index in [1.54, 1.807) is 0 Å². The second-order valence-corrected chi connectivity index (χ2v) is 10.2. The molecular weight excluding hydrogens is 502 g/mol. The van der Waals surface area contributed by atoms with Crippen LogP contribution in [0.25, 0.3) is 72.4 Å². The van der Waals surface area contributed by atoms with Gasteiger partial charge in [-0.25, -0.2) is 4.98 Å². The summed E-state index contributed by atoms with van der Waals surface area (Å²) in [5.41, 5.74) is 10.5. The van der Waals surface area contributed by atoms with E-state index in [9.17, 15) is 0 Å². The second kappa shape index (κ2) is 9.28. The summed E-state index contributed by atoms with van der Waals surface area (Å²) >= 11 is 0. The van der Waals surface area contributed by atoms with E-state index in [1.807, 2.05) is 42.7 Å². The highest BCUT2D eigenvalue weighted by atomic mass is 15.1. The lowest BCUT2D eigenvalue weighted by atomic mass is 10.0. The Morgan fingerprint density at radius 1 is 0.537 bits per heavy atom. The van der Waals surface area contributed by atoms with Gasteiger partial charge < -0.3 is 9.13 Å². The standard InChI is InChI=1S/C36H25N5/c1-40-33-15-5-3-13-31(33)39-36(40)25-17-18-27-26-10-2-4-14-32(26)41(34(27)23-25)35-22-24(29-11-6-8-20-37-29)16-19-28(35)30-12-7-9-21-38-30/h2-23H,1H3. The third-order valence-electron chi connectivity index (χ3n) is 7.86. The first-order valence-corrected chi connectivity index (χ1v) is 13.7. The molecular formula is C36H25N5. The molecule has 0 amide bonds. The van der Waals surface area contributed by atoms with Gasteiger partial charge in [-0.15, -0.1) is 0 Å². The first-order valence-electron chi connectivity index (χ1n) is 13.7. The fourth-order valence-electron chi connectivity index (χ4n) is 5.92. The van der Waals surface area contributed by atoms with E-state index in [0.717, 1.165) is 61.7 Å². The molecule has 0 spiro atoms. The maximum Gasteiger partial charge on any atom is 0.140 e. The Bertz CT molecular complexity index is 2210. The minimum absolute atomic E-state index is 0.924. The van der Waals surface area contributed by atoms with Crippen LogP contribution in [-0.2, 0) is 7.05 Å². The van der Waals surface area contributed by atoms with Crippen molar-refractivity contribution >= 4 is 32.8 Å². The Morgan fingerprint density at radius 2 is 1.22 bits per heavy atom. The predicted molar refractivity (Wildman–Crippen MR) is 167 cm³/mol. The summed E-state index contributed by atoms with van der Waals surface area (Å²) < 4.78 is 4.54. The van der Waals surface area contributed by atoms with Crippen molar-refractivity contribution in [2.45, 2.75) is 0 Å². The number of imidazole rings is 1. The molecule has 4 aromatic carbocycles. The lowest BCUT2D eigenvalue weighted by Crippen LogP contribution is -2.00. The summed E-state index contributed by atoms with van der Waals surface area (Å²) in [5, 5.41) is 2.40. The van der Waals surface area contributed by atoms with Crippen molar-refractivity contribution in [3.05, 3.63) is 134 Å². The summed E-state index contributed by atoms with van der Waals surface area (Å²) in [6.07, 6.45) is 3.69. The monoisotopic (exact) mass is 527 g/mol. The van der Waals surface area contributed by atoms with Crippen LogP contribution in [0.1, 0.15) is 0 Å². The van der Waals surface area contributed by atoms with Gasteiger partial charge in [0.15, 0.2) is 0 Å². The number of hydrogen-bond donors (Lipinski definition) is 0. The number of hydrogen-bond acceptors (Lipinski definition) is 3. The molecule has 4 heterocycles. The average molecular weight is 528 g/mol. The van der Waals surface area contributed by atoms with Gasteiger partial charge in [-0.3, -0.25) is 9.97 Å². The number of nitrogens with zero attached hydrogens (tertiary/aromatic N) is 5. The molecule has 5 heteroatoms. The summed E-state index contributed by atoms with van der Waals surface area (Å²) in [7, 11) is 2.08. The van der Waals surface area contributed by atoms with Crippen LogP contribution in [-0.4, -0.2) is 24.1 Å². The van der Waals surface area contributed by atoms with Gasteiger partial charge in [0, 0.05) is 46.9 Å². The Hall–Kier alpha value is -5.55. The number of pyridine rings is 2. The Morgan fingerprint density at radius 3 is 2.00 bits per heavy atom. The Labute approximate surface area is 237 Å². The van der Waals surface area contributed by atoms with Crippen molar-refractivity contribution in [3.8, 4) is 39.6 Å². The molecule has 0 radical (unpaired) electrons. The van der Waals surface area contributed by atoms with Crippen molar-refractivity contribution in [2.75, 3.05) is 0 Å². The van der Waals surface area contributed by atoms with Gasteiger partial charge in [0.25, 0.3) is 0 Å². The van der Waals surface area contributed by atoms with Gasteiger partial charge in [0.2, 0.25) is 0 Å². The van der Waals surface area contributed by atoms with E-state index in [-0.39, 0.29) is 0 Å². The third kappa shape index (κ3) is 3.74. The van der Waals surface area contributed by atoms with Crippen molar-refractivity contribution in [2.24, 2.45) is 7.05 Å². The summed E-state index contributed by atoms with van der Waals surface area (Å²) in [4.78, 5) is 14.4. The molecule has 0 fully saturated rings.